The van der Waals surface area contributed by atoms with Gasteiger partial charge in [0.1, 0.15) is 5.84 Å². The van der Waals surface area contributed by atoms with E-state index in [1.165, 1.54) is 0 Å². The van der Waals surface area contributed by atoms with Crippen molar-refractivity contribution in [2.24, 2.45) is 4.99 Å². The molecule has 2 aliphatic heterocycles. The Labute approximate surface area is 154 Å². The first kappa shape index (κ1) is 15.8. The number of aryl methyl sites for hydroxylation is 2. The number of aliphatic imine (C=N–C) groups is 1. The van der Waals surface area contributed by atoms with Gasteiger partial charge in [-0.2, -0.15) is 0 Å². The van der Waals surface area contributed by atoms with Gasteiger partial charge in [-0.25, -0.2) is 4.99 Å². The highest BCUT2D eigenvalue weighted by Gasteiger charge is 2.52. The normalized spacial score (nSPS) is 22.2. The molecule has 2 heterocycles. The summed E-state index contributed by atoms with van der Waals surface area (Å²) in [7, 11) is 0. The van der Waals surface area contributed by atoms with Crippen LogP contribution in [0, 0.1) is 17.4 Å². The number of anilines is 1. The van der Waals surface area contributed by atoms with E-state index in [9.17, 15) is 9.90 Å². The molecule has 1 saturated heterocycles. The van der Waals surface area contributed by atoms with Crippen LogP contribution in [-0.2, 0) is 0 Å². The molecule has 0 spiro atoms. The number of nitrogens with zero attached hydrogens (tertiary/aromatic N) is 2. The van der Waals surface area contributed by atoms with Gasteiger partial charge >= 0.3 is 0 Å². The Balaban J connectivity index is 1.87. The van der Waals surface area contributed by atoms with Gasteiger partial charge < -0.3 is 10.0 Å². The first-order chi connectivity index (χ1) is 11.4. The zero-order valence-corrected chi connectivity index (χ0v) is 15.7. The highest BCUT2D eigenvalue weighted by Crippen LogP contribution is 2.40. The summed E-state index contributed by atoms with van der Waals surface area (Å²) >= 11 is 2.26. The number of benzene rings is 2. The Morgan fingerprint density at radius 1 is 1.17 bits per heavy atom. The fourth-order valence-corrected chi connectivity index (χ4v) is 3.73. The van der Waals surface area contributed by atoms with Crippen LogP contribution in [0.4, 0.5) is 11.4 Å². The lowest BCUT2D eigenvalue weighted by Gasteiger charge is -2.30. The molecule has 2 aromatic carbocycles. The number of amidine groups is 1. The molecule has 0 bridgehead atoms. The van der Waals surface area contributed by atoms with Gasteiger partial charge in [0, 0.05) is 27.8 Å². The van der Waals surface area contributed by atoms with E-state index < -0.39 is 5.60 Å². The van der Waals surface area contributed by atoms with E-state index in [1.54, 1.807) is 0 Å². The smallest absolute Gasteiger partial charge is 0.204 e. The van der Waals surface area contributed by atoms with Crippen LogP contribution in [0.1, 0.15) is 27.9 Å². The molecule has 2 aromatic rings. The minimum atomic E-state index is -1.52. The Kier molecular flexibility index (Phi) is 3.54. The van der Waals surface area contributed by atoms with Crippen molar-refractivity contribution in [2.45, 2.75) is 25.9 Å². The predicted octanol–water partition coefficient (Wildman–Crippen LogP) is 3.78. The maximum atomic E-state index is 13.0. The fourth-order valence-electron chi connectivity index (χ4n) is 3.37. The number of halogens is 1. The average molecular weight is 432 g/mol. The van der Waals surface area contributed by atoms with Crippen molar-refractivity contribution in [1.82, 2.24) is 0 Å². The van der Waals surface area contributed by atoms with Gasteiger partial charge in [-0.1, -0.05) is 0 Å². The summed E-state index contributed by atoms with van der Waals surface area (Å²) in [6.07, 6.45) is 0.364. The lowest BCUT2D eigenvalue weighted by atomic mass is 9.86. The van der Waals surface area contributed by atoms with Crippen molar-refractivity contribution in [1.29, 1.82) is 0 Å². The maximum absolute atomic E-state index is 13.0. The maximum Gasteiger partial charge on any atom is 0.204 e. The number of carbonyl (C=O) groups excluding carboxylic acids is 1. The van der Waals surface area contributed by atoms with Crippen molar-refractivity contribution in [2.75, 3.05) is 11.4 Å². The average Bonchev–Trinajstić information content (AvgIpc) is 2.89. The third-order valence-corrected chi connectivity index (χ3v) is 5.64. The summed E-state index contributed by atoms with van der Waals surface area (Å²) in [5.74, 6) is 0.211. The largest absolute Gasteiger partial charge is 0.374 e. The predicted molar refractivity (Wildman–Crippen MR) is 103 cm³/mol. The van der Waals surface area contributed by atoms with Crippen molar-refractivity contribution in [3.63, 3.8) is 0 Å². The summed E-state index contributed by atoms with van der Waals surface area (Å²) in [4.78, 5) is 19.6. The zero-order valence-electron chi connectivity index (χ0n) is 13.5. The molecule has 0 aromatic heterocycles. The Bertz CT molecular complexity index is 889. The van der Waals surface area contributed by atoms with E-state index in [4.69, 9.17) is 0 Å². The first-order valence-corrected chi connectivity index (χ1v) is 8.99. The second kappa shape index (κ2) is 5.39. The van der Waals surface area contributed by atoms with Crippen LogP contribution in [-0.4, -0.2) is 28.9 Å². The van der Waals surface area contributed by atoms with Crippen molar-refractivity contribution in [3.8, 4) is 0 Å². The summed E-state index contributed by atoms with van der Waals surface area (Å²) in [5.41, 5.74) is 2.74. The molecule has 5 heteroatoms. The molecule has 4 rings (SSSR count). The van der Waals surface area contributed by atoms with Crippen LogP contribution >= 0.6 is 22.6 Å². The summed E-state index contributed by atoms with van der Waals surface area (Å²) in [6.45, 7) is 4.55. The molecule has 1 unspecified atom stereocenters. The molecular weight excluding hydrogens is 415 g/mol. The van der Waals surface area contributed by atoms with E-state index in [2.05, 4.69) is 27.6 Å². The molecule has 4 nitrogen and oxygen atoms in total. The highest BCUT2D eigenvalue weighted by molar-refractivity contribution is 14.1. The minimum absolute atomic E-state index is 0.237. The lowest BCUT2D eigenvalue weighted by Crippen LogP contribution is -2.48. The fraction of sp³-hybridized carbons (Fsp3) is 0.263. The second-order valence-electron chi connectivity index (χ2n) is 6.46. The number of hydrogen-bond acceptors (Lipinski definition) is 4. The molecule has 0 aliphatic carbocycles. The van der Waals surface area contributed by atoms with Gasteiger partial charge in [0.2, 0.25) is 5.78 Å². The molecule has 2 aliphatic rings. The van der Waals surface area contributed by atoms with E-state index >= 15 is 0 Å². The van der Waals surface area contributed by atoms with Crippen LogP contribution in [0.3, 0.4) is 0 Å². The third kappa shape index (κ3) is 2.22. The number of carbonyl (C=O) groups is 1. The van der Waals surface area contributed by atoms with Crippen LogP contribution < -0.4 is 4.90 Å². The second-order valence-corrected chi connectivity index (χ2v) is 7.70. The molecule has 0 amide bonds. The first-order valence-electron chi connectivity index (χ1n) is 7.91. The monoisotopic (exact) mass is 432 g/mol. The van der Waals surface area contributed by atoms with Crippen LogP contribution in [0.5, 0.6) is 0 Å². The number of aliphatic hydroxyl groups is 1. The molecule has 1 N–H and O–H groups in total. The molecule has 24 heavy (non-hydrogen) atoms. The van der Waals surface area contributed by atoms with Crippen molar-refractivity contribution in [3.05, 3.63) is 56.7 Å². The van der Waals surface area contributed by atoms with Gasteiger partial charge in [-0.05, 0) is 84.0 Å². The van der Waals surface area contributed by atoms with Crippen LogP contribution in [0.25, 0.3) is 0 Å². The van der Waals surface area contributed by atoms with Gasteiger partial charge in [0.05, 0.1) is 5.69 Å². The number of ketones is 1. The molecule has 0 saturated carbocycles. The van der Waals surface area contributed by atoms with Crippen LogP contribution in [0.2, 0.25) is 0 Å². The van der Waals surface area contributed by atoms with Crippen LogP contribution in [0.15, 0.2) is 41.4 Å². The Morgan fingerprint density at radius 2 is 1.83 bits per heavy atom. The summed E-state index contributed by atoms with van der Waals surface area (Å²) in [6, 6.07) is 11.8. The van der Waals surface area contributed by atoms with Gasteiger partial charge in [0.25, 0.3) is 0 Å². The van der Waals surface area contributed by atoms with Crippen molar-refractivity contribution >= 4 is 45.6 Å². The van der Waals surface area contributed by atoms with E-state index in [1.807, 2.05) is 55.1 Å². The van der Waals surface area contributed by atoms with Crippen molar-refractivity contribution < 1.29 is 9.90 Å². The Morgan fingerprint density at radius 3 is 2.54 bits per heavy atom. The number of hydrogen-bond donors (Lipinski definition) is 1. The van der Waals surface area contributed by atoms with E-state index in [0.29, 0.717) is 30.1 Å². The summed E-state index contributed by atoms with van der Waals surface area (Å²) < 4.78 is 1.14. The molecule has 1 fully saturated rings. The Hall–Kier alpha value is -1.73. The molecule has 1 atom stereocenters. The zero-order chi connectivity index (χ0) is 17.1. The van der Waals surface area contributed by atoms with Gasteiger partial charge in [-0.15, -0.1) is 0 Å². The third-order valence-electron chi connectivity index (χ3n) is 4.92. The van der Waals surface area contributed by atoms with Gasteiger partial charge in [0.15, 0.2) is 5.60 Å². The highest BCUT2D eigenvalue weighted by atomic mass is 127. The quantitative estimate of drug-likeness (QED) is 0.699. The molecular formula is C19H17IN2O2. The number of rotatable bonds is 1. The van der Waals surface area contributed by atoms with Gasteiger partial charge in [-0.3, -0.25) is 4.79 Å². The summed E-state index contributed by atoms with van der Waals surface area (Å²) in [5, 5.41) is 11.0. The number of fused-ring (bicyclic) bond motifs is 2. The standard InChI is InChI=1S/C19H17IN2O2/c1-11-9-15-16(10-12(11)2)21-18-19(24,17(15)23)7-8-22(18)14-5-3-13(20)4-6-14/h3-6,9-10,24H,7-8H2,1-2H3. The molecule has 122 valence electrons. The van der Waals surface area contributed by atoms with E-state index in [0.717, 1.165) is 20.4 Å². The molecule has 0 radical (unpaired) electrons. The lowest BCUT2D eigenvalue weighted by molar-refractivity contribution is 0.0602. The topological polar surface area (TPSA) is 52.9 Å². The number of Topliss-reactive ketones (excluding diaryl/α,β-unsaturated/α-hetero) is 1. The SMILES string of the molecule is Cc1cc2c(cc1C)C(=O)C1(O)CCN(c3ccc(I)cc3)C1=N2. The minimum Gasteiger partial charge on any atom is -0.374 e. The van der Waals surface area contributed by atoms with E-state index in [-0.39, 0.29) is 5.78 Å².